The molecule has 2 aromatic heterocycles. The first-order chi connectivity index (χ1) is 18.0. The SMILES string of the molecule is CC(=O)CCCCC[C@H](NC(=O)c1cnns1)C(=O)NCCc1c(-c2ccccc2)[nH]c2ccccc12. The van der Waals surface area contributed by atoms with E-state index in [1.54, 1.807) is 6.92 Å². The summed E-state index contributed by atoms with van der Waals surface area (Å²) in [6.07, 6.45) is 5.37. The van der Waals surface area contributed by atoms with Gasteiger partial charge in [0, 0.05) is 29.6 Å². The molecule has 0 spiro atoms. The van der Waals surface area contributed by atoms with Gasteiger partial charge in [0.15, 0.2) is 0 Å². The molecule has 0 saturated carbocycles. The third-order valence-corrected chi connectivity index (χ3v) is 6.94. The monoisotopic (exact) mass is 517 g/mol. The Bertz CT molecular complexity index is 1330. The number of carbonyl (C=O) groups excluding carboxylic acids is 3. The number of fused-ring (bicyclic) bond motifs is 1. The fourth-order valence-electron chi connectivity index (χ4n) is 4.41. The summed E-state index contributed by atoms with van der Waals surface area (Å²) in [6.45, 7) is 2.01. The summed E-state index contributed by atoms with van der Waals surface area (Å²) >= 11 is 0.991. The molecule has 0 aliphatic carbocycles. The zero-order valence-electron chi connectivity index (χ0n) is 20.8. The number of para-hydroxylation sites is 1. The van der Waals surface area contributed by atoms with E-state index >= 15 is 0 Å². The lowest BCUT2D eigenvalue weighted by molar-refractivity contribution is -0.123. The normalized spacial score (nSPS) is 11.8. The molecule has 37 heavy (non-hydrogen) atoms. The van der Waals surface area contributed by atoms with Gasteiger partial charge in [-0.05, 0) is 54.9 Å². The zero-order valence-corrected chi connectivity index (χ0v) is 21.6. The number of rotatable bonds is 13. The van der Waals surface area contributed by atoms with Gasteiger partial charge in [-0.3, -0.25) is 9.59 Å². The summed E-state index contributed by atoms with van der Waals surface area (Å²) in [7, 11) is 0. The molecule has 2 heterocycles. The van der Waals surface area contributed by atoms with Crippen molar-refractivity contribution in [2.24, 2.45) is 0 Å². The van der Waals surface area contributed by atoms with Crippen LogP contribution >= 0.6 is 11.5 Å². The number of nitrogens with zero attached hydrogens (tertiary/aromatic N) is 2. The largest absolute Gasteiger partial charge is 0.354 e. The van der Waals surface area contributed by atoms with Crippen molar-refractivity contribution < 1.29 is 14.4 Å². The quantitative estimate of drug-likeness (QED) is 0.223. The van der Waals surface area contributed by atoms with Gasteiger partial charge in [-0.15, -0.1) is 5.10 Å². The Hall–Kier alpha value is -3.85. The van der Waals surface area contributed by atoms with Crippen LogP contribution in [0, 0.1) is 0 Å². The van der Waals surface area contributed by atoms with Crippen LogP contribution in [0.5, 0.6) is 0 Å². The van der Waals surface area contributed by atoms with Crippen molar-refractivity contribution >= 4 is 40.0 Å². The molecule has 2 amide bonds. The van der Waals surface area contributed by atoms with Gasteiger partial charge in [0.05, 0.1) is 6.20 Å². The predicted octanol–water partition coefficient (Wildman–Crippen LogP) is 4.68. The number of benzene rings is 2. The van der Waals surface area contributed by atoms with Crippen molar-refractivity contribution in [3.8, 4) is 11.3 Å². The van der Waals surface area contributed by atoms with Crippen LogP contribution in [-0.2, 0) is 16.0 Å². The van der Waals surface area contributed by atoms with Gasteiger partial charge in [0.1, 0.15) is 16.7 Å². The van der Waals surface area contributed by atoms with Crippen LogP contribution in [0.2, 0.25) is 0 Å². The summed E-state index contributed by atoms with van der Waals surface area (Å²) in [6, 6.07) is 17.6. The fourth-order valence-corrected chi connectivity index (χ4v) is 4.83. The maximum atomic E-state index is 13.2. The standard InChI is InChI=1S/C28H31N5O3S/c1-19(34)10-4-2-7-15-24(32-28(36)25-18-30-33-37-25)27(35)29-17-16-22-21-13-8-9-14-23(21)31-26(22)20-11-5-3-6-12-20/h3,5-6,8-9,11-14,18,24,31H,2,4,7,10,15-17H2,1H3,(H,29,35)(H,32,36)/t24-/m0/s1. The summed E-state index contributed by atoms with van der Waals surface area (Å²) in [5.41, 5.74) is 4.33. The molecule has 0 radical (unpaired) electrons. The van der Waals surface area contributed by atoms with Crippen molar-refractivity contribution in [1.29, 1.82) is 0 Å². The number of hydrogen-bond acceptors (Lipinski definition) is 6. The summed E-state index contributed by atoms with van der Waals surface area (Å²) in [5, 5.41) is 10.7. The van der Waals surface area contributed by atoms with Crippen LogP contribution in [0.25, 0.3) is 22.2 Å². The molecule has 0 saturated heterocycles. The van der Waals surface area contributed by atoms with Gasteiger partial charge < -0.3 is 20.4 Å². The van der Waals surface area contributed by atoms with E-state index in [9.17, 15) is 14.4 Å². The number of amides is 2. The Labute approximate surface area is 220 Å². The van der Waals surface area contributed by atoms with Crippen molar-refractivity contribution in [3.05, 3.63) is 71.2 Å². The summed E-state index contributed by atoms with van der Waals surface area (Å²) in [5.74, 6) is -0.423. The average molecular weight is 518 g/mol. The topological polar surface area (TPSA) is 117 Å². The molecule has 0 aliphatic rings. The second kappa shape index (κ2) is 12.9. The van der Waals surface area contributed by atoms with Crippen LogP contribution in [0.1, 0.15) is 54.3 Å². The molecule has 1 atom stereocenters. The van der Waals surface area contributed by atoms with Gasteiger partial charge >= 0.3 is 0 Å². The van der Waals surface area contributed by atoms with Crippen molar-refractivity contribution in [3.63, 3.8) is 0 Å². The average Bonchev–Trinajstić information content (AvgIpc) is 3.57. The van der Waals surface area contributed by atoms with Gasteiger partial charge in [0.2, 0.25) is 5.91 Å². The van der Waals surface area contributed by atoms with Gasteiger partial charge in [-0.25, -0.2) is 0 Å². The highest BCUT2D eigenvalue weighted by Crippen LogP contribution is 2.30. The van der Waals surface area contributed by atoms with E-state index in [-0.39, 0.29) is 17.6 Å². The van der Waals surface area contributed by atoms with E-state index in [1.165, 1.54) is 6.20 Å². The van der Waals surface area contributed by atoms with E-state index in [0.29, 0.717) is 30.7 Å². The van der Waals surface area contributed by atoms with Crippen LogP contribution in [0.15, 0.2) is 60.8 Å². The van der Waals surface area contributed by atoms with E-state index in [2.05, 4.69) is 49.5 Å². The maximum Gasteiger partial charge on any atom is 0.265 e. The lowest BCUT2D eigenvalue weighted by Gasteiger charge is -2.18. The number of unbranched alkanes of at least 4 members (excludes halogenated alkanes) is 2. The number of nitrogens with one attached hydrogen (secondary N) is 3. The van der Waals surface area contributed by atoms with Crippen molar-refractivity contribution in [2.45, 2.75) is 51.5 Å². The first-order valence-corrected chi connectivity index (χ1v) is 13.3. The minimum absolute atomic E-state index is 0.160. The lowest BCUT2D eigenvalue weighted by Crippen LogP contribution is -2.47. The molecule has 4 rings (SSSR count). The Morgan fingerprint density at radius 1 is 1.00 bits per heavy atom. The van der Waals surface area contributed by atoms with E-state index in [0.717, 1.165) is 58.5 Å². The van der Waals surface area contributed by atoms with Crippen molar-refractivity contribution in [2.75, 3.05) is 6.54 Å². The van der Waals surface area contributed by atoms with Crippen LogP contribution in [0.4, 0.5) is 0 Å². The molecule has 0 fully saturated rings. The minimum atomic E-state index is -0.677. The first-order valence-electron chi connectivity index (χ1n) is 12.5. The van der Waals surface area contributed by atoms with E-state index in [4.69, 9.17) is 0 Å². The molecule has 192 valence electrons. The molecule has 8 nitrogen and oxygen atoms in total. The highest BCUT2D eigenvalue weighted by atomic mass is 32.1. The van der Waals surface area contributed by atoms with Crippen molar-refractivity contribution in [1.82, 2.24) is 25.2 Å². The van der Waals surface area contributed by atoms with Gasteiger partial charge in [0.25, 0.3) is 5.91 Å². The number of Topliss-reactive ketones (excluding diaryl/α,β-unsaturated/α-hetero) is 1. The number of aromatic amines is 1. The highest BCUT2D eigenvalue weighted by Gasteiger charge is 2.22. The molecule has 3 N–H and O–H groups in total. The minimum Gasteiger partial charge on any atom is -0.354 e. The number of hydrogen-bond donors (Lipinski definition) is 3. The Kier molecular flexibility index (Phi) is 9.15. The number of ketones is 1. The summed E-state index contributed by atoms with van der Waals surface area (Å²) in [4.78, 5) is 40.8. The first kappa shape index (κ1) is 26.2. The zero-order chi connectivity index (χ0) is 26.0. The van der Waals surface area contributed by atoms with Crippen LogP contribution in [-0.4, -0.2) is 44.8 Å². The van der Waals surface area contributed by atoms with E-state index < -0.39 is 6.04 Å². The van der Waals surface area contributed by atoms with Crippen LogP contribution in [0.3, 0.4) is 0 Å². The number of carbonyl (C=O) groups is 3. The summed E-state index contributed by atoms with van der Waals surface area (Å²) < 4.78 is 3.73. The lowest BCUT2D eigenvalue weighted by atomic mass is 10.0. The molecule has 0 bridgehead atoms. The fraction of sp³-hybridized carbons (Fsp3) is 0.321. The second-order valence-corrected chi connectivity index (χ2v) is 9.83. The second-order valence-electron chi connectivity index (χ2n) is 9.04. The Morgan fingerprint density at radius 2 is 1.78 bits per heavy atom. The molecule has 2 aromatic carbocycles. The molecule has 0 unspecified atom stereocenters. The van der Waals surface area contributed by atoms with E-state index in [1.807, 2.05) is 30.3 Å². The van der Waals surface area contributed by atoms with Gasteiger partial charge in [-0.2, -0.15) is 0 Å². The smallest absolute Gasteiger partial charge is 0.265 e. The molecule has 0 aliphatic heterocycles. The molecular formula is C28H31N5O3S. The molecular weight excluding hydrogens is 486 g/mol. The third kappa shape index (κ3) is 7.10. The highest BCUT2D eigenvalue weighted by molar-refractivity contribution is 7.07. The third-order valence-electron chi connectivity index (χ3n) is 6.28. The Morgan fingerprint density at radius 3 is 2.54 bits per heavy atom. The predicted molar refractivity (Wildman–Crippen MR) is 145 cm³/mol. The Balaban J connectivity index is 1.42. The van der Waals surface area contributed by atoms with Gasteiger partial charge in [-0.1, -0.05) is 65.9 Å². The number of aromatic nitrogens is 3. The molecule has 4 aromatic rings. The van der Waals surface area contributed by atoms with Crippen LogP contribution < -0.4 is 10.6 Å². The molecule has 9 heteroatoms. The maximum absolute atomic E-state index is 13.2. The number of H-pyrrole nitrogens is 1.